The van der Waals surface area contributed by atoms with Crippen molar-refractivity contribution in [1.82, 2.24) is 0 Å². The maximum Gasteiger partial charge on any atom is 0.113 e. The van der Waals surface area contributed by atoms with Crippen LogP contribution in [0.1, 0.15) is 74.9 Å². The summed E-state index contributed by atoms with van der Waals surface area (Å²) in [7, 11) is 6.48. The lowest BCUT2D eigenvalue weighted by atomic mass is 9.68. The van der Waals surface area contributed by atoms with Gasteiger partial charge in [0.25, 0.3) is 0 Å². The van der Waals surface area contributed by atoms with E-state index in [4.69, 9.17) is 7.85 Å². The summed E-state index contributed by atoms with van der Waals surface area (Å²) in [5.41, 5.74) is 13.8. The van der Waals surface area contributed by atoms with Crippen LogP contribution in [0.5, 0.6) is 0 Å². The van der Waals surface area contributed by atoms with Crippen LogP contribution in [-0.2, 0) is 16.2 Å². The average Bonchev–Trinajstić information content (AvgIpc) is 3.23. The molecule has 172 valence electrons. The molecule has 2 radical (unpaired) electrons. The topological polar surface area (TPSA) is 0 Å². The molecule has 0 nitrogen and oxygen atoms in total. The Morgan fingerprint density at radius 3 is 1.43 bits per heavy atom. The van der Waals surface area contributed by atoms with E-state index in [9.17, 15) is 0 Å². The number of rotatable bonds is 0. The van der Waals surface area contributed by atoms with Crippen LogP contribution in [0.4, 0.5) is 0 Å². The van der Waals surface area contributed by atoms with Crippen molar-refractivity contribution < 1.29 is 0 Å². The molecule has 0 unspecified atom stereocenters. The van der Waals surface area contributed by atoms with E-state index in [-0.39, 0.29) is 10.8 Å². The van der Waals surface area contributed by atoms with Gasteiger partial charge in [-0.2, -0.15) is 0 Å². The predicted octanol–water partition coefficient (Wildman–Crippen LogP) is 8.18. The lowest BCUT2D eigenvalue weighted by Gasteiger charge is -2.33. The maximum atomic E-state index is 6.48. The third kappa shape index (κ3) is 3.12. The summed E-state index contributed by atoms with van der Waals surface area (Å²) in [4.78, 5) is 0. The van der Waals surface area contributed by atoms with Gasteiger partial charge in [0.15, 0.2) is 0 Å². The van der Waals surface area contributed by atoms with Gasteiger partial charge in [0.05, 0.1) is 5.41 Å². The smallest absolute Gasteiger partial charge is 0.0963 e. The van der Waals surface area contributed by atoms with Crippen molar-refractivity contribution in [2.24, 2.45) is 0 Å². The minimum atomic E-state index is -0.392. The molecule has 0 saturated heterocycles. The Morgan fingerprint density at radius 1 is 0.543 bits per heavy atom. The fourth-order valence-electron chi connectivity index (χ4n) is 6.15. The van der Waals surface area contributed by atoms with E-state index in [1.54, 1.807) is 0 Å². The summed E-state index contributed by atoms with van der Waals surface area (Å²) in [5.74, 6) is 0. The third-order valence-corrected chi connectivity index (χ3v) is 8.49. The highest BCUT2D eigenvalue weighted by Crippen LogP contribution is 2.63. The average molecular weight is 517 g/mol. The second-order valence-corrected chi connectivity index (χ2v) is 13.2. The zero-order chi connectivity index (χ0) is 24.9. The summed E-state index contributed by atoms with van der Waals surface area (Å²) in [6, 6.07) is 27.5. The van der Waals surface area contributed by atoms with Crippen LogP contribution < -0.4 is 5.46 Å². The molecule has 1 spiro atoms. The molecule has 2 aliphatic rings. The van der Waals surface area contributed by atoms with Crippen molar-refractivity contribution >= 4 is 29.2 Å². The minimum absolute atomic E-state index is 0.0544. The van der Waals surface area contributed by atoms with E-state index in [0.717, 1.165) is 9.94 Å². The third-order valence-electron chi connectivity index (χ3n) is 7.99. The van der Waals surface area contributed by atoms with Crippen molar-refractivity contribution in [1.29, 1.82) is 0 Å². The van der Waals surface area contributed by atoms with Gasteiger partial charge in [0, 0.05) is 4.47 Å². The molecular formula is C33H30BBr. The van der Waals surface area contributed by atoms with E-state index in [2.05, 4.69) is 124 Å². The molecule has 0 aromatic heterocycles. The molecule has 0 heterocycles. The Bertz CT molecular complexity index is 1410. The molecule has 4 aromatic rings. The monoisotopic (exact) mass is 516 g/mol. The molecule has 0 amide bonds. The van der Waals surface area contributed by atoms with Crippen LogP contribution in [0.3, 0.4) is 0 Å². The number of benzene rings is 4. The van der Waals surface area contributed by atoms with Gasteiger partial charge < -0.3 is 0 Å². The molecule has 0 fully saturated rings. The Kier molecular flexibility index (Phi) is 4.72. The zero-order valence-electron chi connectivity index (χ0n) is 21.4. The molecule has 2 aliphatic carbocycles. The SMILES string of the molecule is [B]c1ccc2c(c1)C1(c3cc(Br)ccc3-2)c2cc(C(C)(C)C)ccc2-c2ccc(C(C)(C)C)cc21. The molecule has 0 aliphatic heterocycles. The van der Waals surface area contributed by atoms with Gasteiger partial charge in [-0.25, -0.2) is 0 Å². The van der Waals surface area contributed by atoms with Gasteiger partial charge in [-0.3, -0.25) is 0 Å². The molecule has 0 atom stereocenters. The normalized spacial score (nSPS) is 15.1. The lowest BCUT2D eigenvalue weighted by Crippen LogP contribution is -2.28. The second-order valence-electron chi connectivity index (χ2n) is 12.3. The fraction of sp³-hybridized carbons (Fsp3) is 0.273. The first-order chi connectivity index (χ1) is 16.4. The van der Waals surface area contributed by atoms with E-state index < -0.39 is 5.41 Å². The van der Waals surface area contributed by atoms with E-state index >= 15 is 0 Å². The summed E-state index contributed by atoms with van der Waals surface area (Å²) in [6.45, 7) is 13.8. The largest absolute Gasteiger partial charge is 0.113 e. The van der Waals surface area contributed by atoms with Gasteiger partial charge >= 0.3 is 0 Å². The lowest BCUT2D eigenvalue weighted by molar-refractivity contribution is 0.586. The summed E-state index contributed by atoms with van der Waals surface area (Å²) in [6.07, 6.45) is 0. The second kappa shape index (κ2) is 7.23. The fourth-order valence-corrected chi connectivity index (χ4v) is 6.51. The van der Waals surface area contributed by atoms with Crippen LogP contribution in [-0.4, -0.2) is 7.85 Å². The van der Waals surface area contributed by atoms with Gasteiger partial charge in [-0.1, -0.05) is 124 Å². The highest BCUT2D eigenvalue weighted by Gasteiger charge is 2.52. The molecule has 6 rings (SSSR count). The van der Waals surface area contributed by atoms with Gasteiger partial charge in [-0.15, -0.1) is 0 Å². The molecule has 4 aromatic carbocycles. The van der Waals surface area contributed by atoms with Gasteiger partial charge in [0.2, 0.25) is 0 Å². The number of fused-ring (bicyclic) bond motifs is 10. The Morgan fingerprint density at radius 2 is 0.943 bits per heavy atom. The van der Waals surface area contributed by atoms with Gasteiger partial charge in [-0.05, 0) is 78.6 Å². The Balaban J connectivity index is 1.83. The summed E-state index contributed by atoms with van der Waals surface area (Å²) in [5, 5.41) is 0. The zero-order valence-corrected chi connectivity index (χ0v) is 23.0. The molecule has 0 N–H and O–H groups in total. The quantitative estimate of drug-likeness (QED) is 0.178. The molecule has 35 heavy (non-hydrogen) atoms. The Hall–Kier alpha value is -2.58. The van der Waals surface area contributed by atoms with Crippen molar-refractivity contribution in [3.8, 4) is 22.3 Å². The van der Waals surface area contributed by atoms with Gasteiger partial charge in [0.1, 0.15) is 7.85 Å². The summed E-state index contributed by atoms with van der Waals surface area (Å²) >= 11 is 3.80. The first-order valence-electron chi connectivity index (χ1n) is 12.4. The van der Waals surface area contributed by atoms with Crippen LogP contribution in [0.15, 0.2) is 77.3 Å². The molecule has 2 heteroatoms. The maximum absolute atomic E-state index is 6.48. The van der Waals surface area contributed by atoms with Crippen molar-refractivity contribution in [2.45, 2.75) is 57.8 Å². The number of halogens is 1. The number of hydrogen-bond donors (Lipinski definition) is 0. The first kappa shape index (κ1) is 22.9. The minimum Gasteiger partial charge on any atom is -0.0963 e. The first-order valence-corrected chi connectivity index (χ1v) is 13.2. The highest BCUT2D eigenvalue weighted by molar-refractivity contribution is 9.10. The van der Waals surface area contributed by atoms with E-state index in [0.29, 0.717) is 0 Å². The molecule has 0 saturated carbocycles. The van der Waals surface area contributed by atoms with Crippen LogP contribution in [0.2, 0.25) is 0 Å². The summed E-state index contributed by atoms with van der Waals surface area (Å²) < 4.78 is 1.10. The standard InChI is InChI=1S/C33H30BBr/c1-31(2,3)19-7-11-23-24-12-8-20(32(4,5)6)16-28(24)33(27(23)15-19)29-17-21(34)9-13-25(29)26-14-10-22(35)18-30(26)33/h7-18H,1-6H3. The van der Waals surface area contributed by atoms with Crippen molar-refractivity contribution in [3.63, 3.8) is 0 Å². The van der Waals surface area contributed by atoms with Crippen LogP contribution in [0.25, 0.3) is 22.3 Å². The highest BCUT2D eigenvalue weighted by atomic mass is 79.9. The predicted molar refractivity (Wildman–Crippen MR) is 153 cm³/mol. The van der Waals surface area contributed by atoms with Crippen LogP contribution in [0, 0.1) is 0 Å². The van der Waals surface area contributed by atoms with E-state index in [1.165, 1.54) is 55.6 Å². The van der Waals surface area contributed by atoms with Crippen molar-refractivity contribution in [2.75, 3.05) is 0 Å². The van der Waals surface area contributed by atoms with Crippen molar-refractivity contribution in [3.05, 3.63) is 111 Å². The van der Waals surface area contributed by atoms with Crippen LogP contribution >= 0.6 is 15.9 Å². The van der Waals surface area contributed by atoms with E-state index in [1.807, 2.05) is 6.07 Å². The number of hydrogen-bond acceptors (Lipinski definition) is 0. The molecule has 0 bridgehead atoms. The Labute approximate surface area is 219 Å². The molecular weight excluding hydrogens is 487 g/mol.